The van der Waals surface area contributed by atoms with Crippen molar-refractivity contribution in [3.05, 3.63) is 71.2 Å². The minimum Gasteiger partial charge on any atom is -0.360 e. The normalized spacial score (nSPS) is 13.5. The fourth-order valence-electron chi connectivity index (χ4n) is 2.65. The second-order valence-corrected chi connectivity index (χ2v) is 5.22. The number of nitrogens with zero attached hydrogens (tertiary/aromatic N) is 1. The number of hydrogen-bond acceptors (Lipinski definition) is 4. The molecule has 0 saturated carbocycles. The number of carbonyl (C=O) groups excluding carboxylic acids is 3. The van der Waals surface area contributed by atoms with Crippen LogP contribution < -0.4 is 0 Å². The van der Waals surface area contributed by atoms with Crippen molar-refractivity contribution >= 4 is 28.7 Å². The standard InChI is InChI=1S/C17H9FN2O4/c18-9-5-6-10-13(8-19-14(10)7-9)17(23)24-20-15(21)11-3-1-2-4-12(11)16(20)22/h1-8,19H. The number of benzene rings is 2. The lowest BCUT2D eigenvalue weighted by Crippen LogP contribution is -2.32. The largest absolute Gasteiger partial charge is 0.366 e. The van der Waals surface area contributed by atoms with Gasteiger partial charge in [0.1, 0.15) is 5.82 Å². The average molecular weight is 324 g/mol. The molecular formula is C17H9FN2O4. The van der Waals surface area contributed by atoms with E-state index < -0.39 is 23.6 Å². The summed E-state index contributed by atoms with van der Waals surface area (Å²) in [4.78, 5) is 44.4. The summed E-state index contributed by atoms with van der Waals surface area (Å²) < 4.78 is 13.2. The molecule has 0 unspecified atom stereocenters. The van der Waals surface area contributed by atoms with Crippen LogP contribution in [0.2, 0.25) is 0 Å². The van der Waals surface area contributed by atoms with Gasteiger partial charge in [0, 0.05) is 17.1 Å². The number of nitrogens with one attached hydrogen (secondary N) is 1. The molecule has 2 aromatic carbocycles. The molecule has 4 rings (SSSR count). The Hall–Kier alpha value is -3.48. The van der Waals surface area contributed by atoms with Gasteiger partial charge in [0.25, 0.3) is 11.8 Å². The predicted molar refractivity (Wildman–Crippen MR) is 80.6 cm³/mol. The first-order valence-corrected chi connectivity index (χ1v) is 7.03. The zero-order valence-electron chi connectivity index (χ0n) is 12.1. The van der Waals surface area contributed by atoms with E-state index in [2.05, 4.69) is 4.98 Å². The second kappa shape index (κ2) is 5.02. The van der Waals surface area contributed by atoms with Gasteiger partial charge in [-0.3, -0.25) is 9.59 Å². The first-order valence-electron chi connectivity index (χ1n) is 7.03. The van der Waals surface area contributed by atoms with E-state index in [1.165, 1.54) is 36.5 Å². The summed E-state index contributed by atoms with van der Waals surface area (Å²) in [5, 5.41) is 0.869. The Morgan fingerprint density at radius 2 is 1.71 bits per heavy atom. The Bertz CT molecular complexity index is 989. The van der Waals surface area contributed by atoms with Gasteiger partial charge in [0.05, 0.1) is 16.7 Å². The van der Waals surface area contributed by atoms with E-state index in [0.717, 1.165) is 0 Å². The van der Waals surface area contributed by atoms with Gasteiger partial charge in [-0.15, -0.1) is 0 Å². The molecule has 1 aliphatic heterocycles. The van der Waals surface area contributed by atoms with Crippen molar-refractivity contribution in [1.29, 1.82) is 0 Å². The molecular weight excluding hydrogens is 315 g/mol. The summed E-state index contributed by atoms with van der Waals surface area (Å²) in [5.74, 6) is -2.74. The molecule has 0 aliphatic carbocycles. The third-order valence-corrected chi connectivity index (χ3v) is 3.79. The number of H-pyrrole nitrogens is 1. The van der Waals surface area contributed by atoms with Crippen LogP contribution in [0.4, 0.5) is 4.39 Å². The summed E-state index contributed by atoms with van der Waals surface area (Å²) in [5.41, 5.74) is 0.860. The number of rotatable bonds is 2. The van der Waals surface area contributed by atoms with Crippen molar-refractivity contribution in [1.82, 2.24) is 10.0 Å². The maximum Gasteiger partial charge on any atom is 0.366 e. The molecule has 0 saturated heterocycles. The highest BCUT2D eigenvalue weighted by Gasteiger charge is 2.39. The number of imide groups is 1. The molecule has 2 amide bonds. The Balaban J connectivity index is 1.65. The van der Waals surface area contributed by atoms with Crippen LogP contribution >= 0.6 is 0 Å². The zero-order chi connectivity index (χ0) is 16.8. The van der Waals surface area contributed by atoms with Gasteiger partial charge in [-0.25, -0.2) is 9.18 Å². The van der Waals surface area contributed by atoms with Gasteiger partial charge in [-0.05, 0) is 30.3 Å². The molecule has 2 heterocycles. The lowest BCUT2D eigenvalue weighted by molar-refractivity contribution is -0.0583. The van der Waals surface area contributed by atoms with Crippen LogP contribution in [0.5, 0.6) is 0 Å². The van der Waals surface area contributed by atoms with Gasteiger partial charge in [-0.2, -0.15) is 0 Å². The Morgan fingerprint density at radius 1 is 1.04 bits per heavy atom. The summed E-state index contributed by atoms with van der Waals surface area (Å²) in [7, 11) is 0. The van der Waals surface area contributed by atoms with E-state index in [0.29, 0.717) is 16.0 Å². The number of amides is 2. The zero-order valence-corrected chi connectivity index (χ0v) is 12.1. The molecule has 7 heteroatoms. The first-order chi connectivity index (χ1) is 11.6. The fraction of sp³-hybridized carbons (Fsp3) is 0. The van der Waals surface area contributed by atoms with Crippen LogP contribution in [0.1, 0.15) is 31.1 Å². The SMILES string of the molecule is O=C(ON1C(=O)c2ccccc2C1=O)c1c[nH]c2cc(F)ccc12. The van der Waals surface area contributed by atoms with Gasteiger partial charge in [-0.1, -0.05) is 17.2 Å². The van der Waals surface area contributed by atoms with Crippen LogP contribution in [0.15, 0.2) is 48.7 Å². The minimum atomic E-state index is -0.887. The van der Waals surface area contributed by atoms with Gasteiger partial charge in [0.2, 0.25) is 0 Å². The summed E-state index contributed by atoms with van der Waals surface area (Å²) >= 11 is 0. The number of aromatic nitrogens is 1. The minimum absolute atomic E-state index is 0.0987. The molecule has 1 N–H and O–H groups in total. The molecule has 0 fully saturated rings. The van der Waals surface area contributed by atoms with E-state index in [-0.39, 0.29) is 16.7 Å². The molecule has 118 valence electrons. The molecule has 1 aromatic heterocycles. The fourth-order valence-corrected chi connectivity index (χ4v) is 2.65. The highest BCUT2D eigenvalue weighted by Crippen LogP contribution is 2.25. The lowest BCUT2D eigenvalue weighted by Gasteiger charge is -2.12. The maximum absolute atomic E-state index is 13.2. The van der Waals surface area contributed by atoms with E-state index in [1.54, 1.807) is 12.1 Å². The van der Waals surface area contributed by atoms with E-state index in [1.807, 2.05) is 0 Å². The third-order valence-electron chi connectivity index (χ3n) is 3.79. The van der Waals surface area contributed by atoms with Crippen molar-refractivity contribution in [2.45, 2.75) is 0 Å². The van der Waals surface area contributed by atoms with Crippen molar-refractivity contribution < 1.29 is 23.6 Å². The summed E-state index contributed by atoms with van der Waals surface area (Å²) in [6.07, 6.45) is 1.34. The molecule has 1 aliphatic rings. The summed E-state index contributed by atoms with van der Waals surface area (Å²) in [6, 6.07) is 10.0. The molecule has 3 aromatic rings. The molecule has 0 spiro atoms. The monoisotopic (exact) mass is 324 g/mol. The second-order valence-electron chi connectivity index (χ2n) is 5.22. The topological polar surface area (TPSA) is 79.5 Å². The van der Waals surface area contributed by atoms with Crippen LogP contribution in [0.3, 0.4) is 0 Å². The van der Waals surface area contributed by atoms with Gasteiger partial charge in [0.15, 0.2) is 0 Å². The highest BCUT2D eigenvalue weighted by molar-refractivity contribution is 6.21. The van der Waals surface area contributed by atoms with Gasteiger partial charge >= 0.3 is 5.97 Å². The lowest BCUT2D eigenvalue weighted by atomic mass is 10.1. The third kappa shape index (κ3) is 1.98. The number of hydroxylamine groups is 2. The Morgan fingerprint density at radius 3 is 2.38 bits per heavy atom. The van der Waals surface area contributed by atoms with Crippen molar-refractivity contribution in [3.8, 4) is 0 Å². The number of halogens is 1. The molecule has 0 radical (unpaired) electrons. The Kier molecular flexibility index (Phi) is 2.96. The van der Waals surface area contributed by atoms with E-state index >= 15 is 0 Å². The number of fused-ring (bicyclic) bond motifs is 2. The summed E-state index contributed by atoms with van der Waals surface area (Å²) in [6.45, 7) is 0. The smallest absolute Gasteiger partial charge is 0.360 e. The maximum atomic E-state index is 13.2. The predicted octanol–water partition coefficient (Wildman–Crippen LogP) is 2.68. The van der Waals surface area contributed by atoms with E-state index in [9.17, 15) is 18.8 Å². The van der Waals surface area contributed by atoms with Crippen molar-refractivity contribution in [3.63, 3.8) is 0 Å². The number of aromatic amines is 1. The molecule has 0 bridgehead atoms. The van der Waals surface area contributed by atoms with Crippen molar-refractivity contribution in [2.75, 3.05) is 0 Å². The highest BCUT2D eigenvalue weighted by atomic mass is 19.1. The number of hydrogen-bond donors (Lipinski definition) is 1. The molecule has 0 atom stereocenters. The molecule has 6 nitrogen and oxygen atoms in total. The number of carbonyl (C=O) groups is 3. The van der Waals surface area contributed by atoms with Crippen LogP contribution in [0.25, 0.3) is 10.9 Å². The first kappa shape index (κ1) is 14.1. The van der Waals surface area contributed by atoms with Crippen LogP contribution in [0, 0.1) is 5.82 Å². The quantitative estimate of drug-likeness (QED) is 0.735. The van der Waals surface area contributed by atoms with Crippen LogP contribution in [-0.4, -0.2) is 27.8 Å². The Labute approximate surface area is 134 Å². The van der Waals surface area contributed by atoms with Crippen molar-refractivity contribution in [2.24, 2.45) is 0 Å². The van der Waals surface area contributed by atoms with E-state index in [4.69, 9.17) is 4.84 Å². The molecule has 24 heavy (non-hydrogen) atoms. The van der Waals surface area contributed by atoms with Gasteiger partial charge < -0.3 is 9.82 Å². The van der Waals surface area contributed by atoms with Crippen LogP contribution in [-0.2, 0) is 4.84 Å². The average Bonchev–Trinajstić information content (AvgIpc) is 3.10.